The van der Waals surface area contributed by atoms with Crippen LogP contribution in [0.3, 0.4) is 0 Å². The number of fused-ring (bicyclic) bond motifs is 5. The number of anilines is 1. The molecule has 80 valence electrons. The fraction of sp³-hybridized carbons (Fsp3) is 0.308. The maximum Gasteiger partial charge on any atom is 0.114 e. The van der Waals surface area contributed by atoms with Crippen LogP contribution >= 0.6 is 0 Å². The minimum absolute atomic E-state index is 0.464. The van der Waals surface area contributed by atoms with Gasteiger partial charge in [0.1, 0.15) is 6.17 Å². The Kier molecular flexibility index (Phi) is 1.51. The Bertz CT molecular complexity index is 504. The highest BCUT2D eigenvalue weighted by Gasteiger charge is 2.38. The van der Waals surface area contributed by atoms with Crippen LogP contribution in [0.4, 0.5) is 5.69 Å². The van der Waals surface area contributed by atoms with Crippen LogP contribution in [-0.2, 0) is 6.42 Å². The third-order valence-corrected chi connectivity index (χ3v) is 3.65. The lowest BCUT2D eigenvalue weighted by atomic mass is 10.1. The standard InChI is InChI=1S/C13H13N3/c1-2-6-15-11(3-1)9-16-12-4-5-14-8-10(12)7-13(15)16/h2,4-6,8-9,13H,1,3,7H2. The molecule has 4 rings (SSSR count). The van der Waals surface area contributed by atoms with Crippen molar-refractivity contribution in [2.45, 2.75) is 25.4 Å². The SMILES string of the molecule is C1=CN2C(=CN3c4ccncc4CC23)CC1. The molecule has 0 N–H and O–H groups in total. The van der Waals surface area contributed by atoms with Crippen molar-refractivity contribution in [2.75, 3.05) is 4.90 Å². The van der Waals surface area contributed by atoms with Crippen LogP contribution in [0.25, 0.3) is 0 Å². The van der Waals surface area contributed by atoms with Crippen LogP contribution in [0.2, 0.25) is 0 Å². The summed E-state index contributed by atoms with van der Waals surface area (Å²) in [6.07, 6.45) is 14.6. The quantitative estimate of drug-likeness (QED) is 0.656. The van der Waals surface area contributed by atoms with Crippen LogP contribution in [-0.4, -0.2) is 16.0 Å². The predicted octanol–water partition coefficient (Wildman–Crippen LogP) is 2.23. The molecule has 3 heteroatoms. The molecule has 1 aromatic rings. The van der Waals surface area contributed by atoms with Crippen molar-refractivity contribution in [2.24, 2.45) is 0 Å². The van der Waals surface area contributed by atoms with E-state index in [1.165, 1.54) is 29.8 Å². The van der Waals surface area contributed by atoms with Gasteiger partial charge in [0.25, 0.3) is 0 Å². The fourth-order valence-electron chi connectivity index (χ4n) is 2.90. The molecule has 0 spiro atoms. The van der Waals surface area contributed by atoms with Crippen molar-refractivity contribution in [1.29, 1.82) is 0 Å². The van der Waals surface area contributed by atoms with Crippen LogP contribution < -0.4 is 4.90 Å². The zero-order chi connectivity index (χ0) is 10.5. The minimum Gasteiger partial charge on any atom is -0.329 e. The summed E-state index contributed by atoms with van der Waals surface area (Å²) in [4.78, 5) is 9.00. The van der Waals surface area contributed by atoms with Gasteiger partial charge in [-0.2, -0.15) is 0 Å². The molecule has 1 aromatic heterocycles. The second-order valence-corrected chi connectivity index (χ2v) is 4.55. The van der Waals surface area contributed by atoms with Crippen LogP contribution in [0.1, 0.15) is 18.4 Å². The first kappa shape index (κ1) is 8.39. The van der Waals surface area contributed by atoms with Crippen LogP contribution in [0.5, 0.6) is 0 Å². The van der Waals surface area contributed by atoms with Crippen molar-refractivity contribution in [3.05, 3.63) is 48.2 Å². The number of nitrogens with zero attached hydrogens (tertiary/aromatic N) is 3. The summed E-state index contributed by atoms with van der Waals surface area (Å²) in [5, 5.41) is 0. The molecular weight excluding hydrogens is 198 g/mol. The highest BCUT2D eigenvalue weighted by Crippen LogP contribution is 2.41. The summed E-state index contributed by atoms with van der Waals surface area (Å²) in [6.45, 7) is 0. The summed E-state index contributed by atoms with van der Waals surface area (Å²) in [5.74, 6) is 0. The smallest absolute Gasteiger partial charge is 0.114 e. The molecule has 4 heterocycles. The van der Waals surface area contributed by atoms with Crippen LogP contribution in [0, 0.1) is 0 Å². The summed E-state index contributed by atoms with van der Waals surface area (Å²) < 4.78 is 0. The number of aromatic nitrogens is 1. The molecule has 3 aliphatic heterocycles. The lowest BCUT2D eigenvalue weighted by Gasteiger charge is -2.28. The van der Waals surface area contributed by atoms with E-state index in [2.05, 4.69) is 39.3 Å². The van der Waals surface area contributed by atoms with E-state index in [-0.39, 0.29) is 0 Å². The van der Waals surface area contributed by atoms with E-state index in [1.807, 2.05) is 12.4 Å². The van der Waals surface area contributed by atoms with Gasteiger partial charge in [-0.25, -0.2) is 0 Å². The molecule has 1 unspecified atom stereocenters. The van der Waals surface area contributed by atoms with E-state index in [9.17, 15) is 0 Å². The van der Waals surface area contributed by atoms with E-state index in [4.69, 9.17) is 0 Å². The Morgan fingerprint density at radius 2 is 2.31 bits per heavy atom. The number of hydrogen-bond donors (Lipinski definition) is 0. The number of pyridine rings is 1. The number of rotatable bonds is 0. The van der Waals surface area contributed by atoms with Crippen molar-refractivity contribution in [3.63, 3.8) is 0 Å². The zero-order valence-corrected chi connectivity index (χ0v) is 9.00. The lowest BCUT2D eigenvalue weighted by molar-refractivity contribution is 0.361. The van der Waals surface area contributed by atoms with Gasteiger partial charge in [0, 0.05) is 42.6 Å². The number of hydrogen-bond acceptors (Lipinski definition) is 3. The third-order valence-electron chi connectivity index (χ3n) is 3.65. The predicted molar refractivity (Wildman–Crippen MR) is 62.5 cm³/mol. The molecule has 3 nitrogen and oxygen atoms in total. The van der Waals surface area contributed by atoms with Gasteiger partial charge in [-0.1, -0.05) is 6.08 Å². The first-order valence-corrected chi connectivity index (χ1v) is 5.80. The molecule has 0 aromatic carbocycles. The molecule has 0 radical (unpaired) electrons. The van der Waals surface area contributed by atoms with Gasteiger partial charge in [-0.15, -0.1) is 0 Å². The normalized spacial score (nSPS) is 25.2. The minimum atomic E-state index is 0.464. The zero-order valence-electron chi connectivity index (χ0n) is 9.00. The Balaban J connectivity index is 1.82. The van der Waals surface area contributed by atoms with Gasteiger partial charge >= 0.3 is 0 Å². The van der Waals surface area contributed by atoms with Crippen molar-refractivity contribution < 1.29 is 0 Å². The summed E-state index contributed by atoms with van der Waals surface area (Å²) in [6, 6.07) is 2.12. The molecule has 0 amide bonds. The molecule has 0 saturated carbocycles. The third kappa shape index (κ3) is 0.953. The van der Waals surface area contributed by atoms with Crippen LogP contribution in [0.15, 0.2) is 42.6 Å². The average Bonchev–Trinajstić information content (AvgIpc) is 2.85. The summed E-state index contributed by atoms with van der Waals surface area (Å²) >= 11 is 0. The Morgan fingerprint density at radius 3 is 3.31 bits per heavy atom. The lowest BCUT2D eigenvalue weighted by Crippen LogP contribution is -2.35. The monoisotopic (exact) mass is 211 g/mol. The Morgan fingerprint density at radius 1 is 1.31 bits per heavy atom. The van der Waals surface area contributed by atoms with Crippen molar-refractivity contribution in [1.82, 2.24) is 9.88 Å². The largest absolute Gasteiger partial charge is 0.329 e. The van der Waals surface area contributed by atoms with E-state index in [0.29, 0.717) is 6.17 Å². The first-order chi connectivity index (χ1) is 7.93. The Labute approximate surface area is 94.7 Å². The van der Waals surface area contributed by atoms with Gasteiger partial charge in [-0.05, 0) is 24.5 Å². The van der Waals surface area contributed by atoms with Gasteiger partial charge in [0.15, 0.2) is 0 Å². The van der Waals surface area contributed by atoms with E-state index in [0.717, 1.165) is 6.42 Å². The Hall–Kier alpha value is -1.77. The topological polar surface area (TPSA) is 19.4 Å². The maximum absolute atomic E-state index is 4.20. The van der Waals surface area contributed by atoms with Gasteiger partial charge in [0.2, 0.25) is 0 Å². The number of allylic oxidation sites excluding steroid dienone is 2. The average molecular weight is 211 g/mol. The highest BCUT2D eigenvalue weighted by atomic mass is 15.4. The molecule has 0 saturated heterocycles. The molecule has 1 atom stereocenters. The van der Waals surface area contributed by atoms with Gasteiger partial charge < -0.3 is 9.80 Å². The summed E-state index contributed by atoms with van der Waals surface area (Å²) in [5.41, 5.74) is 4.15. The second-order valence-electron chi connectivity index (χ2n) is 4.55. The van der Waals surface area contributed by atoms with E-state index in [1.54, 1.807) is 0 Å². The molecule has 0 bridgehead atoms. The van der Waals surface area contributed by atoms with Gasteiger partial charge in [0.05, 0.1) is 0 Å². The molecule has 0 fully saturated rings. The molecule has 16 heavy (non-hydrogen) atoms. The van der Waals surface area contributed by atoms with Gasteiger partial charge in [-0.3, -0.25) is 4.98 Å². The molecule has 3 aliphatic rings. The highest BCUT2D eigenvalue weighted by molar-refractivity contribution is 5.62. The van der Waals surface area contributed by atoms with Crippen molar-refractivity contribution in [3.8, 4) is 0 Å². The van der Waals surface area contributed by atoms with E-state index >= 15 is 0 Å². The maximum atomic E-state index is 4.20. The first-order valence-electron chi connectivity index (χ1n) is 5.80. The summed E-state index contributed by atoms with van der Waals surface area (Å²) in [7, 11) is 0. The molecule has 0 aliphatic carbocycles. The fourth-order valence-corrected chi connectivity index (χ4v) is 2.90. The van der Waals surface area contributed by atoms with E-state index < -0.39 is 0 Å². The van der Waals surface area contributed by atoms with Crippen molar-refractivity contribution >= 4 is 5.69 Å². The molecular formula is C13H13N3. The second kappa shape index (κ2) is 2.88.